The highest BCUT2D eigenvalue weighted by atomic mass is 32.2. The third-order valence-electron chi connectivity index (χ3n) is 3.53. The minimum Gasteiger partial charge on any atom is -0.325 e. The molecule has 2 N–H and O–H groups in total. The van der Waals surface area contributed by atoms with Gasteiger partial charge in [0.15, 0.2) is 0 Å². The van der Waals surface area contributed by atoms with Gasteiger partial charge in [-0.05, 0) is 38.1 Å². The van der Waals surface area contributed by atoms with Crippen molar-refractivity contribution in [2.75, 3.05) is 16.4 Å². The number of benzene rings is 2. The molecule has 8 heteroatoms. The van der Waals surface area contributed by atoms with Crippen molar-refractivity contribution >= 4 is 46.7 Å². The Hall–Kier alpha value is -2.06. The van der Waals surface area contributed by atoms with Gasteiger partial charge in [-0.2, -0.15) is 8.78 Å². The molecule has 0 radical (unpaired) electrons. The van der Waals surface area contributed by atoms with Crippen molar-refractivity contribution in [1.82, 2.24) is 0 Å². The van der Waals surface area contributed by atoms with Gasteiger partial charge in [-0.3, -0.25) is 9.59 Å². The van der Waals surface area contributed by atoms with Crippen LogP contribution in [0.1, 0.15) is 12.5 Å². The van der Waals surface area contributed by atoms with E-state index in [9.17, 15) is 18.4 Å². The smallest absolute Gasteiger partial charge is 0.288 e. The second-order valence-electron chi connectivity index (χ2n) is 5.73. The molecule has 0 saturated heterocycles. The number of anilines is 2. The van der Waals surface area contributed by atoms with Crippen molar-refractivity contribution in [3.05, 3.63) is 54.1 Å². The number of para-hydroxylation sites is 1. The predicted molar refractivity (Wildman–Crippen MR) is 109 cm³/mol. The molecular formula is C19H20F2N2O2S2. The summed E-state index contributed by atoms with van der Waals surface area (Å²) in [7, 11) is 0. The van der Waals surface area contributed by atoms with Crippen molar-refractivity contribution < 1.29 is 18.4 Å². The number of alkyl halides is 2. The summed E-state index contributed by atoms with van der Waals surface area (Å²) >= 11 is 1.56. The summed E-state index contributed by atoms with van der Waals surface area (Å²) in [6, 6.07) is 13.8. The lowest BCUT2D eigenvalue weighted by molar-refractivity contribution is -0.115. The highest BCUT2D eigenvalue weighted by Gasteiger charge is 2.18. The Morgan fingerprint density at radius 2 is 1.70 bits per heavy atom. The number of rotatable bonds is 8. The minimum absolute atomic E-state index is 0.107. The van der Waals surface area contributed by atoms with E-state index in [0.29, 0.717) is 28.0 Å². The fraction of sp³-hybridized carbons (Fsp3) is 0.263. The molecule has 27 heavy (non-hydrogen) atoms. The Morgan fingerprint density at radius 3 is 2.37 bits per heavy atom. The maximum Gasteiger partial charge on any atom is 0.288 e. The fourth-order valence-electron chi connectivity index (χ4n) is 2.11. The molecule has 1 atom stereocenters. The molecule has 0 fully saturated rings. The molecule has 0 spiro atoms. The van der Waals surface area contributed by atoms with Crippen molar-refractivity contribution in [3.63, 3.8) is 0 Å². The minimum atomic E-state index is -2.57. The number of hydrogen-bond acceptors (Lipinski definition) is 4. The number of aryl methyl sites for hydroxylation is 1. The zero-order valence-corrected chi connectivity index (χ0v) is 16.5. The zero-order valence-electron chi connectivity index (χ0n) is 14.9. The Bertz CT molecular complexity index is 786. The van der Waals surface area contributed by atoms with E-state index in [1.165, 1.54) is 17.8 Å². The summed E-state index contributed by atoms with van der Waals surface area (Å²) in [5.41, 5.74) is 2.13. The van der Waals surface area contributed by atoms with Crippen LogP contribution in [0.2, 0.25) is 0 Å². The highest BCUT2D eigenvalue weighted by molar-refractivity contribution is 8.01. The summed E-state index contributed by atoms with van der Waals surface area (Å²) in [4.78, 5) is 24.6. The van der Waals surface area contributed by atoms with Crippen LogP contribution in [-0.4, -0.2) is 28.6 Å². The van der Waals surface area contributed by atoms with Crippen LogP contribution in [0.15, 0.2) is 53.4 Å². The Kier molecular flexibility index (Phi) is 8.12. The third-order valence-corrected chi connectivity index (χ3v) is 5.46. The SMILES string of the molecule is Cc1ccc(NC(=O)CSC(C)C(=O)Nc2ccccc2SC(F)F)cc1. The molecule has 0 saturated carbocycles. The summed E-state index contributed by atoms with van der Waals surface area (Å²) in [5.74, 6) is -3.02. The lowest BCUT2D eigenvalue weighted by Gasteiger charge is -2.14. The first-order valence-corrected chi connectivity index (χ1v) is 10.1. The number of amides is 2. The van der Waals surface area contributed by atoms with Gasteiger partial charge in [0.1, 0.15) is 0 Å². The van der Waals surface area contributed by atoms with E-state index in [1.54, 1.807) is 25.1 Å². The number of halogens is 2. The van der Waals surface area contributed by atoms with Crippen LogP contribution in [-0.2, 0) is 9.59 Å². The standard InChI is InChI=1S/C19H20F2N2O2S2/c1-12-7-9-14(10-8-12)22-17(24)11-26-13(2)18(25)23-15-5-3-4-6-16(15)27-19(20)21/h3-10,13,19H,11H2,1-2H3,(H,22,24)(H,23,25). The maximum atomic E-state index is 12.6. The molecular weight excluding hydrogens is 390 g/mol. The highest BCUT2D eigenvalue weighted by Crippen LogP contribution is 2.32. The van der Waals surface area contributed by atoms with Crippen LogP contribution < -0.4 is 10.6 Å². The molecule has 1 unspecified atom stereocenters. The van der Waals surface area contributed by atoms with E-state index in [4.69, 9.17) is 0 Å². The first kappa shape index (κ1) is 21.2. The molecule has 2 aromatic carbocycles. The second-order valence-corrected chi connectivity index (χ2v) is 8.09. The number of carbonyl (C=O) groups excluding carboxylic acids is 2. The van der Waals surface area contributed by atoms with Crippen LogP contribution in [0.25, 0.3) is 0 Å². The van der Waals surface area contributed by atoms with E-state index < -0.39 is 11.0 Å². The molecule has 0 aliphatic heterocycles. The summed E-state index contributed by atoms with van der Waals surface area (Å²) in [5, 5.41) is 4.90. The molecule has 144 valence electrons. The van der Waals surface area contributed by atoms with Crippen molar-refractivity contribution in [2.24, 2.45) is 0 Å². The first-order chi connectivity index (χ1) is 12.8. The largest absolute Gasteiger partial charge is 0.325 e. The fourth-order valence-corrected chi connectivity index (χ4v) is 3.39. The van der Waals surface area contributed by atoms with Gasteiger partial charge in [-0.1, -0.05) is 41.6 Å². The van der Waals surface area contributed by atoms with E-state index in [0.717, 1.165) is 5.56 Å². The van der Waals surface area contributed by atoms with Gasteiger partial charge in [0.05, 0.1) is 16.7 Å². The summed E-state index contributed by atoms with van der Waals surface area (Å²) in [6.45, 7) is 3.63. The van der Waals surface area contributed by atoms with Crippen LogP contribution >= 0.6 is 23.5 Å². The lowest BCUT2D eigenvalue weighted by atomic mass is 10.2. The van der Waals surface area contributed by atoms with Gasteiger partial charge in [0, 0.05) is 10.6 Å². The monoisotopic (exact) mass is 410 g/mol. The Labute approximate surface area is 165 Å². The predicted octanol–water partition coefficient (Wildman–Crippen LogP) is 5.01. The van der Waals surface area contributed by atoms with E-state index >= 15 is 0 Å². The van der Waals surface area contributed by atoms with Crippen molar-refractivity contribution in [3.8, 4) is 0 Å². The number of nitrogens with one attached hydrogen (secondary N) is 2. The Balaban J connectivity index is 1.85. The molecule has 0 aliphatic carbocycles. The van der Waals surface area contributed by atoms with Gasteiger partial charge >= 0.3 is 0 Å². The van der Waals surface area contributed by atoms with Crippen LogP contribution in [0.4, 0.5) is 20.2 Å². The molecule has 0 bridgehead atoms. The van der Waals surface area contributed by atoms with Gasteiger partial charge < -0.3 is 10.6 Å². The number of thioether (sulfide) groups is 2. The van der Waals surface area contributed by atoms with E-state index in [-0.39, 0.29) is 17.6 Å². The molecule has 2 aromatic rings. The maximum absolute atomic E-state index is 12.6. The zero-order chi connectivity index (χ0) is 19.8. The second kappa shape index (κ2) is 10.3. The quantitative estimate of drug-likeness (QED) is 0.601. The summed E-state index contributed by atoms with van der Waals surface area (Å²) < 4.78 is 25.2. The lowest BCUT2D eigenvalue weighted by Crippen LogP contribution is -2.25. The first-order valence-electron chi connectivity index (χ1n) is 8.18. The van der Waals surface area contributed by atoms with Crippen LogP contribution in [0.5, 0.6) is 0 Å². The van der Waals surface area contributed by atoms with Gasteiger partial charge in [0.2, 0.25) is 11.8 Å². The van der Waals surface area contributed by atoms with Crippen LogP contribution in [0, 0.1) is 6.92 Å². The average Bonchev–Trinajstić information content (AvgIpc) is 2.62. The van der Waals surface area contributed by atoms with Crippen molar-refractivity contribution in [1.29, 1.82) is 0 Å². The molecule has 0 aliphatic rings. The van der Waals surface area contributed by atoms with Gasteiger partial charge in [-0.25, -0.2) is 0 Å². The number of hydrogen-bond donors (Lipinski definition) is 2. The Morgan fingerprint density at radius 1 is 1.04 bits per heavy atom. The molecule has 0 heterocycles. The molecule has 0 aromatic heterocycles. The normalized spacial score (nSPS) is 11.9. The molecule has 2 amide bonds. The van der Waals surface area contributed by atoms with Gasteiger partial charge in [0.25, 0.3) is 5.76 Å². The summed E-state index contributed by atoms with van der Waals surface area (Å²) in [6.07, 6.45) is 0. The molecule has 2 rings (SSSR count). The average molecular weight is 411 g/mol. The topological polar surface area (TPSA) is 58.2 Å². The van der Waals surface area contributed by atoms with Crippen molar-refractivity contribution in [2.45, 2.75) is 29.8 Å². The van der Waals surface area contributed by atoms with Gasteiger partial charge in [-0.15, -0.1) is 11.8 Å². The number of carbonyl (C=O) groups is 2. The molecule has 4 nitrogen and oxygen atoms in total. The van der Waals surface area contributed by atoms with E-state index in [2.05, 4.69) is 10.6 Å². The van der Waals surface area contributed by atoms with E-state index in [1.807, 2.05) is 31.2 Å². The van der Waals surface area contributed by atoms with Crippen LogP contribution in [0.3, 0.4) is 0 Å². The third kappa shape index (κ3) is 7.22.